The second kappa shape index (κ2) is 6.67. The molecule has 6 heteroatoms. The van der Waals surface area contributed by atoms with Crippen LogP contribution in [0.1, 0.15) is 16.7 Å². The zero-order chi connectivity index (χ0) is 18.0. The molecule has 0 radical (unpaired) electrons. The van der Waals surface area contributed by atoms with E-state index in [0.717, 1.165) is 24.8 Å². The molecule has 0 aliphatic carbocycles. The Kier molecular flexibility index (Phi) is 4.58. The molecule has 1 saturated heterocycles. The van der Waals surface area contributed by atoms with E-state index < -0.39 is 11.7 Å². The van der Waals surface area contributed by atoms with Gasteiger partial charge in [0.2, 0.25) is 0 Å². The minimum Gasteiger partial charge on any atom is -0.368 e. The molecule has 130 valence electrons. The molecule has 3 nitrogen and oxygen atoms in total. The number of nitrogens with zero attached hydrogens (tertiary/aromatic N) is 3. The molecule has 25 heavy (non-hydrogen) atoms. The van der Waals surface area contributed by atoms with Crippen molar-refractivity contribution in [1.29, 1.82) is 5.26 Å². The highest BCUT2D eigenvalue weighted by atomic mass is 19.4. The van der Waals surface area contributed by atoms with Gasteiger partial charge in [-0.05, 0) is 42.8 Å². The summed E-state index contributed by atoms with van der Waals surface area (Å²) in [6, 6.07) is 13.8. The Morgan fingerprint density at radius 2 is 1.52 bits per heavy atom. The van der Waals surface area contributed by atoms with Gasteiger partial charge in [0, 0.05) is 37.6 Å². The molecule has 2 aromatic rings. The maximum atomic E-state index is 13.1. The summed E-state index contributed by atoms with van der Waals surface area (Å²) in [6.07, 6.45) is -4.52. The molecule has 0 spiro atoms. The van der Waals surface area contributed by atoms with Crippen LogP contribution in [-0.4, -0.2) is 26.2 Å². The van der Waals surface area contributed by atoms with E-state index in [2.05, 4.69) is 11.0 Å². The number of anilines is 2. The lowest BCUT2D eigenvalue weighted by atomic mass is 10.1. The van der Waals surface area contributed by atoms with E-state index in [1.807, 2.05) is 30.0 Å². The van der Waals surface area contributed by atoms with Gasteiger partial charge < -0.3 is 9.80 Å². The third-order valence-electron chi connectivity index (χ3n) is 4.44. The Morgan fingerprint density at radius 3 is 2.04 bits per heavy atom. The maximum Gasteiger partial charge on any atom is 0.417 e. The van der Waals surface area contributed by atoms with Crippen LogP contribution in [0.25, 0.3) is 0 Å². The van der Waals surface area contributed by atoms with Gasteiger partial charge in [-0.3, -0.25) is 0 Å². The number of aryl methyl sites for hydroxylation is 1. The number of alkyl halides is 3. The van der Waals surface area contributed by atoms with Crippen molar-refractivity contribution in [2.24, 2.45) is 0 Å². The van der Waals surface area contributed by atoms with Crippen LogP contribution in [-0.2, 0) is 6.18 Å². The fourth-order valence-electron chi connectivity index (χ4n) is 3.11. The van der Waals surface area contributed by atoms with E-state index in [1.165, 1.54) is 11.6 Å². The van der Waals surface area contributed by atoms with E-state index >= 15 is 0 Å². The van der Waals surface area contributed by atoms with Crippen molar-refractivity contribution in [1.82, 2.24) is 0 Å². The monoisotopic (exact) mass is 345 g/mol. The number of piperazine rings is 1. The van der Waals surface area contributed by atoms with Gasteiger partial charge in [0.15, 0.2) is 0 Å². The van der Waals surface area contributed by atoms with E-state index in [1.54, 1.807) is 12.1 Å². The quantitative estimate of drug-likeness (QED) is 0.817. The molecule has 0 saturated carbocycles. The summed E-state index contributed by atoms with van der Waals surface area (Å²) in [7, 11) is 0. The number of hydrogen-bond donors (Lipinski definition) is 0. The molecule has 1 heterocycles. The van der Waals surface area contributed by atoms with Gasteiger partial charge in [0.05, 0.1) is 17.2 Å². The fourth-order valence-corrected chi connectivity index (χ4v) is 3.11. The van der Waals surface area contributed by atoms with Crippen LogP contribution in [0.2, 0.25) is 0 Å². The van der Waals surface area contributed by atoms with Crippen LogP contribution in [0.15, 0.2) is 42.5 Å². The molecule has 3 rings (SSSR count). The normalized spacial score (nSPS) is 15.2. The molecule has 0 atom stereocenters. The van der Waals surface area contributed by atoms with Crippen molar-refractivity contribution in [3.63, 3.8) is 0 Å². The Balaban J connectivity index is 1.76. The van der Waals surface area contributed by atoms with E-state index in [-0.39, 0.29) is 5.56 Å². The minimum absolute atomic E-state index is 0.338. The molecule has 1 aliphatic heterocycles. The molecule has 0 N–H and O–H groups in total. The molecule has 1 aliphatic rings. The van der Waals surface area contributed by atoms with E-state index in [9.17, 15) is 13.2 Å². The lowest BCUT2D eigenvalue weighted by Crippen LogP contribution is -2.46. The van der Waals surface area contributed by atoms with Gasteiger partial charge in [0.1, 0.15) is 0 Å². The second-order valence-electron chi connectivity index (χ2n) is 6.15. The lowest BCUT2D eigenvalue weighted by molar-refractivity contribution is -0.137. The highest BCUT2D eigenvalue weighted by Crippen LogP contribution is 2.34. The van der Waals surface area contributed by atoms with Gasteiger partial charge >= 0.3 is 6.18 Å². The average Bonchev–Trinajstić information content (AvgIpc) is 2.60. The summed E-state index contributed by atoms with van der Waals surface area (Å²) in [5.41, 5.74) is 1.62. The molecular weight excluding hydrogens is 327 g/mol. The van der Waals surface area contributed by atoms with Gasteiger partial charge in [-0.2, -0.15) is 18.4 Å². The van der Waals surface area contributed by atoms with Crippen LogP contribution in [0.4, 0.5) is 24.5 Å². The largest absolute Gasteiger partial charge is 0.417 e. The molecule has 2 aromatic carbocycles. The van der Waals surface area contributed by atoms with E-state index in [0.29, 0.717) is 18.8 Å². The topological polar surface area (TPSA) is 30.3 Å². The Hall–Kier alpha value is -2.68. The van der Waals surface area contributed by atoms with Crippen molar-refractivity contribution in [2.75, 3.05) is 36.0 Å². The maximum absolute atomic E-state index is 13.1. The summed E-state index contributed by atoms with van der Waals surface area (Å²) in [5.74, 6) is 0. The number of rotatable bonds is 2. The zero-order valence-electron chi connectivity index (χ0n) is 13.8. The first kappa shape index (κ1) is 17.2. The third kappa shape index (κ3) is 3.71. The molecule has 0 amide bonds. The fraction of sp³-hybridized carbons (Fsp3) is 0.316. The summed E-state index contributed by atoms with van der Waals surface area (Å²) in [6.45, 7) is 4.79. The number of hydrogen-bond acceptors (Lipinski definition) is 3. The standard InChI is InChI=1S/C19H18F3N3/c1-14-3-2-4-16(11-14)24-7-9-25(10-8-24)17-6-5-15(13-23)18(12-17)19(20,21)22/h2-6,11-12H,7-10H2,1H3. The van der Waals surface area contributed by atoms with Crippen molar-refractivity contribution >= 4 is 11.4 Å². The zero-order valence-corrected chi connectivity index (χ0v) is 13.8. The summed E-state index contributed by atoms with van der Waals surface area (Å²) in [5, 5.41) is 8.90. The Labute approximate surface area is 144 Å². The number of benzene rings is 2. The van der Waals surface area contributed by atoms with Gasteiger partial charge in [0.25, 0.3) is 0 Å². The highest BCUT2D eigenvalue weighted by Gasteiger charge is 2.34. The first-order chi connectivity index (χ1) is 11.9. The third-order valence-corrected chi connectivity index (χ3v) is 4.44. The summed E-state index contributed by atoms with van der Waals surface area (Å²) < 4.78 is 39.4. The molecule has 0 bridgehead atoms. The summed E-state index contributed by atoms with van der Waals surface area (Å²) >= 11 is 0. The SMILES string of the molecule is Cc1cccc(N2CCN(c3ccc(C#N)c(C(F)(F)F)c3)CC2)c1. The van der Waals surface area contributed by atoms with Crippen LogP contribution >= 0.6 is 0 Å². The Bertz CT molecular complexity index is 800. The van der Waals surface area contributed by atoms with Crippen molar-refractivity contribution in [3.05, 3.63) is 59.2 Å². The van der Waals surface area contributed by atoms with Gasteiger partial charge in [-0.1, -0.05) is 12.1 Å². The van der Waals surface area contributed by atoms with Crippen LogP contribution in [0.3, 0.4) is 0 Å². The highest BCUT2D eigenvalue weighted by molar-refractivity contribution is 5.57. The molecule has 0 unspecified atom stereocenters. The molecule has 0 aromatic heterocycles. The van der Waals surface area contributed by atoms with Gasteiger partial charge in [-0.25, -0.2) is 0 Å². The smallest absolute Gasteiger partial charge is 0.368 e. The first-order valence-electron chi connectivity index (χ1n) is 8.06. The first-order valence-corrected chi connectivity index (χ1v) is 8.06. The number of halogens is 3. The van der Waals surface area contributed by atoms with E-state index in [4.69, 9.17) is 5.26 Å². The predicted molar refractivity (Wildman–Crippen MR) is 91.8 cm³/mol. The van der Waals surface area contributed by atoms with Gasteiger partial charge in [-0.15, -0.1) is 0 Å². The second-order valence-corrected chi connectivity index (χ2v) is 6.15. The predicted octanol–water partition coefficient (Wildman–Crippen LogP) is 4.21. The lowest BCUT2D eigenvalue weighted by Gasteiger charge is -2.37. The minimum atomic E-state index is -4.52. The number of nitriles is 1. The van der Waals surface area contributed by atoms with Crippen LogP contribution in [0.5, 0.6) is 0 Å². The summed E-state index contributed by atoms with van der Waals surface area (Å²) in [4.78, 5) is 4.17. The molecular formula is C19H18F3N3. The van der Waals surface area contributed by atoms with Crippen LogP contribution < -0.4 is 9.80 Å². The molecule has 1 fully saturated rings. The Morgan fingerprint density at radius 1 is 0.920 bits per heavy atom. The van der Waals surface area contributed by atoms with Crippen LogP contribution in [0, 0.1) is 18.3 Å². The van der Waals surface area contributed by atoms with Crippen molar-refractivity contribution in [2.45, 2.75) is 13.1 Å². The average molecular weight is 345 g/mol. The van der Waals surface area contributed by atoms with Crippen molar-refractivity contribution < 1.29 is 13.2 Å². The van der Waals surface area contributed by atoms with Crippen molar-refractivity contribution in [3.8, 4) is 6.07 Å².